The van der Waals surface area contributed by atoms with E-state index in [1.54, 1.807) is 6.07 Å². The minimum absolute atomic E-state index is 0.0946. The summed E-state index contributed by atoms with van der Waals surface area (Å²) in [5.74, 6) is -0.0119. The lowest BCUT2D eigenvalue weighted by Crippen LogP contribution is -2.14. The largest absolute Gasteiger partial charge is 0.507 e. The van der Waals surface area contributed by atoms with Gasteiger partial charge in [-0.25, -0.2) is 0 Å². The Hall–Kier alpha value is -1.39. The van der Waals surface area contributed by atoms with E-state index in [0.29, 0.717) is 18.7 Å². The van der Waals surface area contributed by atoms with Crippen molar-refractivity contribution in [3.8, 4) is 5.75 Å². The first-order chi connectivity index (χ1) is 7.97. The molecule has 1 rings (SSSR count). The van der Waals surface area contributed by atoms with Crippen LogP contribution in [0.15, 0.2) is 12.1 Å². The van der Waals surface area contributed by atoms with E-state index in [1.807, 2.05) is 32.0 Å². The number of benzene rings is 1. The van der Waals surface area contributed by atoms with Gasteiger partial charge in [-0.2, -0.15) is 0 Å². The monoisotopic (exact) mass is 236 g/mol. The Morgan fingerprint density at radius 3 is 2.59 bits per heavy atom. The number of nitrogens with two attached hydrogens (primary N) is 1. The number of aryl methyl sites for hydroxylation is 1. The molecular formula is C13H20N2O2. The van der Waals surface area contributed by atoms with Gasteiger partial charge in [0.25, 0.3) is 0 Å². The van der Waals surface area contributed by atoms with Gasteiger partial charge < -0.3 is 15.7 Å². The van der Waals surface area contributed by atoms with Gasteiger partial charge >= 0.3 is 0 Å². The zero-order chi connectivity index (χ0) is 13.0. The summed E-state index contributed by atoms with van der Waals surface area (Å²) in [6, 6.07) is 3.53. The number of carbonyl (C=O) groups excluding carboxylic acids is 1. The normalized spacial score (nSPS) is 10.9. The van der Waals surface area contributed by atoms with Crippen molar-refractivity contribution in [2.24, 2.45) is 5.73 Å². The van der Waals surface area contributed by atoms with Crippen LogP contribution in [0.2, 0.25) is 0 Å². The van der Waals surface area contributed by atoms with E-state index < -0.39 is 0 Å². The average Bonchev–Trinajstić information content (AvgIpc) is 2.24. The minimum atomic E-state index is -0.106. The molecule has 0 amide bonds. The zero-order valence-corrected chi connectivity index (χ0v) is 10.7. The maximum atomic E-state index is 11.8. The number of ketones is 1. The van der Waals surface area contributed by atoms with Crippen LogP contribution in [0, 0.1) is 6.92 Å². The van der Waals surface area contributed by atoms with Crippen LogP contribution in [0.25, 0.3) is 0 Å². The van der Waals surface area contributed by atoms with Crippen LogP contribution < -0.4 is 5.73 Å². The highest BCUT2D eigenvalue weighted by atomic mass is 16.3. The standard InChI is InChI=1S/C13H20N2O2/c1-9-4-5-10(12(16)6-7-14)13(17)11(9)8-15(2)3/h4-5,17H,6-8,14H2,1-3H3. The first-order valence-corrected chi connectivity index (χ1v) is 5.66. The molecule has 0 aliphatic heterocycles. The average molecular weight is 236 g/mol. The van der Waals surface area contributed by atoms with Crippen molar-refractivity contribution in [1.82, 2.24) is 4.90 Å². The van der Waals surface area contributed by atoms with E-state index in [2.05, 4.69) is 0 Å². The number of hydrogen-bond donors (Lipinski definition) is 2. The molecule has 0 saturated heterocycles. The number of rotatable bonds is 5. The van der Waals surface area contributed by atoms with Crippen molar-refractivity contribution < 1.29 is 9.90 Å². The van der Waals surface area contributed by atoms with Crippen molar-refractivity contribution >= 4 is 5.78 Å². The van der Waals surface area contributed by atoms with Crippen LogP contribution in [-0.2, 0) is 6.54 Å². The second-order valence-electron chi connectivity index (χ2n) is 4.46. The molecule has 0 unspecified atom stereocenters. The van der Waals surface area contributed by atoms with Gasteiger partial charge in [-0.1, -0.05) is 6.07 Å². The van der Waals surface area contributed by atoms with Crippen LogP contribution in [0.3, 0.4) is 0 Å². The third kappa shape index (κ3) is 3.28. The van der Waals surface area contributed by atoms with Crippen molar-refractivity contribution in [1.29, 1.82) is 0 Å². The van der Waals surface area contributed by atoms with Crippen LogP contribution in [0.5, 0.6) is 5.75 Å². The fourth-order valence-electron chi connectivity index (χ4n) is 1.74. The lowest BCUT2D eigenvalue weighted by atomic mass is 9.99. The second kappa shape index (κ2) is 5.80. The first-order valence-electron chi connectivity index (χ1n) is 5.66. The number of carbonyl (C=O) groups is 1. The third-order valence-corrected chi connectivity index (χ3v) is 2.66. The molecule has 0 heterocycles. The summed E-state index contributed by atoms with van der Waals surface area (Å²) in [6.07, 6.45) is 0.262. The molecule has 94 valence electrons. The Labute approximate surface area is 102 Å². The quantitative estimate of drug-likeness (QED) is 0.756. The molecule has 0 spiro atoms. The summed E-state index contributed by atoms with van der Waals surface area (Å²) in [7, 11) is 3.85. The molecule has 3 N–H and O–H groups in total. The molecule has 0 fully saturated rings. The Morgan fingerprint density at radius 2 is 2.06 bits per heavy atom. The number of Topliss-reactive ketones (excluding diaryl/α,β-unsaturated/α-hetero) is 1. The molecule has 0 aromatic heterocycles. The molecule has 1 aromatic carbocycles. The van der Waals surface area contributed by atoms with E-state index in [4.69, 9.17) is 5.73 Å². The summed E-state index contributed by atoms with van der Waals surface area (Å²) in [4.78, 5) is 13.7. The summed E-state index contributed by atoms with van der Waals surface area (Å²) in [6.45, 7) is 2.84. The molecule has 1 aromatic rings. The highest BCUT2D eigenvalue weighted by molar-refractivity contribution is 5.99. The Morgan fingerprint density at radius 1 is 1.41 bits per heavy atom. The smallest absolute Gasteiger partial charge is 0.167 e. The molecule has 0 radical (unpaired) electrons. The summed E-state index contributed by atoms with van der Waals surface area (Å²) in [5, 5.41) is 10.1. The SMILES string of the molecule is Cc1ccc(C(=O)CCN)c(O)c1CN(C)C. The van der Waals surface area contributed by atoms with Gasteiger partial charge in [0.15, 0.2) is 5.78 Å². The molecule has 0 saturated carbocycles. The molecule has 17 heavy (non-hydrogen) atoms. The van der Waals surface area contributed by atoms with Crippen molar-refractivity contribution in [2.45, 2.75) is 19.9 Å². The highest BCUT2D eigenvalue weighted by Crippen LogP contribution is 2.27. The highest BCUT2D eigenvalue weighted by Gasteiger charge is 2.15. The minimum Gasteiger partial charge on any atom is -0.507 e. The molecular weight excluding hydrogens is 216 g/mol. The topological polar surface area (TPSA) is 66.6 Å². The zero-order valence-electron chi connectivity index (χ0n) is 10.7. The van der Waals surface area contributed by atoms with E-state index >= 15 is 0 Å². The maximum absolute atomic E-state index is 11.8. The molecule has 0 atom stereocenters. The van der Waals surface area contributed by atoms with Crippen LogP contribution in [-0.4, -0.2) is 36.4 Å². The number of phenols is 1. The van der Waals surface area contributed by atoms with Crippen molar-refractivity contribution in [2.75, 3.05) is 20.6 Å². The predicted octanol–water partition coefficient (Wildman–Crippen LogP) is 1.29. The molecule has 4 nitrogen and oxygen atoms in total. The van der Waals surface area contributed by atoms with Gasteiger partial charge in [0, 0.05) is 18.5 Å². The first kappa shape index (κ1) is 13.7. The lowest BCUT2D eigenvalue weighted by molar-refractivity contribution is 0.0982. The Bertz CT molecular complexity index is 414. The van der Waals surface area contributed by atoms with Gasteiger partial charge in [0.2, 0.25) is 0 Å². The fraction of sp³-hybridized carbons (Fsp3) is 0.462. The molecule has 0 aliphatic rings. The van der Waals surface area contributed by atoms with Crippen molar-refractivity contribution in [3.05, 3.63) is 28.8 Å². The molecule has 4 heteroatoms. The summed E-state index contributed by atoms with van der Waals surface area (Å²) in [5.41, 5.74) is 7.52. The Balaban J connectivity index is 3.14. The second-order valence-corrected chi connectivity index (χ2v) is 4.46. The lowest BCUT2D eigenvalue weighted by Gasteiger charge is -2.16. The number of phenolic OH excluding ortho intramolecular Hbond substituents is 1. The van der Waals surface area contributed by atoms with Crippen LogP contribution in [0.4, 0.5) is 0 Å². The number of hydrogen-bond acceptors (Lipinski definition) is 4. The number of nitrogens with zero attached hydrogens (tertiary/aromatic N) is 1. The van der Waals surface area contributed by atoms with Gasteiger partial charge in [0.1, 0.15) is 5.75 Å². The van der Waals surface area contributed by atoms with E-state index in [1.165, 1.54) is 0 Å². The van der Waals surface area contributed by atoms with Gasteiger partial charge in [-0.15, -0.1) is 0 Å². The maximum Gasteiger partial charge on any atom is 0.167 e. The summed E-state index contributed by atoms with van der Waals surface area (Å²) >= 11 is 0. The van der Waals surface area contributed by atoms with Gasteiger partial charge in [0.05, 0.1) is 5.56 Å². The third-order valence-electron chi connectivity index (χ3n) is 2.66. The predicted molar refractivity (Wildman–Crippen MR) is 68.2 cm³/mol. The van der Waals surface area contributed by atoms with Gasteiger partial charge in [-0.05, 0) is 39.2 Å². The van der Waals surface area contributed by atoms with Crippen molar-refractivity contribution in [3.63, 3.8) is 0 Å². The van der Waals surface area contributed by atoms with Crippen LogP contribution in [0.1, 0.15) is 27.9 Å². The fourth-order valence-corrected chi connectivity index (χ4v) is 1.74. The van der Waals surface area contributed by atoms with E-state index in [0.717, 1.165) is 11.1 Å². The molecule has 0 aliphatic carbocycles. The van der Waals surface area contributed by atoms with Gasteiger partial charge in [-0.3, -0.25) is 4.79 Å². The molecule has 0 bridgehead atoms. The summed E-state index contributed by atoms with van der Waals surface area (Å²) < 4.78 is 0. The van der Waals surface area contributed by atoms with Crippen LogP contribution >= 0.6 is 0 Å². The Kier molecular flexibility index (Phi) is 4.66. The van der Waals surface area contributed by atoms with E-state index in [9.17, 15) is 9.90 Å². The van der Waals surface area contributed by atoms with E-state index in [-0.39, 0.29) is 18.0 Å². The number of aromatic hydroxyl groups is 1.